The highest BCUT2D eigenvalue weighted by molar-refractivity contribution is 7.13. The van der Waals surface area contributed by atoms with Crippen LogP contribution in [0.3, 0.4) is 0 Å². The monoisotopic (exact) mass is 301 g/mol. The van der Waals surface area contributed by atoms with Gasteiger partial charge < -0.3 is 14.6 Å². The lowest BCUT2D eigenvalue weighted by atomic mass is 10.2. The van der Waals surface area contributed by atoms with Crippen molar-refractivity contribution >= 4 is 35.5 Å². The molecule has 0 amide bonds. The first kappa shape index (κ1) is 13.4. The molecule has 3 rings (SSSR count). The maximum absolute atomic E-state index is 10.5. The van der Waals surface area contributed by atoms with Crippen LogP contribution in [0.5, 0.6) is 11.5 Å². The molecule has 106 valence electrons. The fourth-order valence-electron chi connectivity index (χ4n) is 1.85. The number of ether oxygens (including phenoxy) is 2. The first-order chi connectivity index (χ1) is 10.2. The third-order valence-electron chi connectivity index (χ3n) is 2.76. The molecule has 6 heteroatoms. The number of aliphatic carboxylic acids is 1. The zero-order chi connectivity index (χ0) is 14.7. The van der Waals surface area contributed by atoms with E-state index in [1.165, 1.54) is 17.4 Å². The highest BCUT2D eigenvalue weighted by atomic mass is 32.1. The van der Waals surface area contributed by atoms with Crippen molar-refractivity contribution in [3.8, 4) is 11.5 Å². The third kappa shape index (κ3) is 3.11. The Labute approximate surface area is 124 Å². The smallest absolute Gasteiger partial charge is 0.328 e. The minimum absolute atomic E-state index is 0.238. The fraction of sp³-hybridized carbons (Fsp3) is 0.0667. The Morgan fingerprint density at radius 2 is 2.19 bits per heavy atom. The Hall–Kier alpha value is -2.60. The van der Waals surface area contributed by atoms with E-state index in [0.717, 1.165) is 33.0 Å². The number of fused-ring (bicyclic) bond motifs is 1. The summed E-state index contributed by atoms with van der Waals surface area (Å²) < 4.78 is 10.7. The Bertz CT molecular complexity index is 733. The predicted octanol–water partition coefficient (Wildman–Crippen LogP) is 3.14. The van der Waals surface area contributed by atoms with Gasteiger partial charge in [-0.2, -0.15) is 0 Å². The summed E-state index contributed by atoms with van der Waals surface area (Å²) in [5.41, 5.74) is 0.919. The van der Waals surface area contributed by atoms with E-state index in [1.54, 1.807) is 6.20 Å². The van der Waals surface area contributed by atoms with Crippen LogP contribution in [-0.2, 0) is 4.79 Å². The van der Waals surface area contributed by atoms with Crippen LogP contribution < -0.4 is 9.47 Å². The minimum atomic E-state index is -0.975. The van der Waals surface area contributed by atoms with Gasteiger partial charge in [-0.3, -0.25) is 0 Å². The Balaban J connectivity index is 1.78. The average Bonchev–Trinajstić information content (AvgIpc) is 3.12. The van der Waals surface area contributed by atoms with Gasteiger partial charge in [0.2, 0.25) is 6.79 Å². The molecule has 0 unspecified atom stereocenters. The van der Waals surface area contributed by atoms with Gasteiger partial charge in [0, 0.05) is 22.7 Å². The SMILES string of the molecule is O=C(O)/C=C/c1cnc(/C=C/c2cccc3c2OCO3)s1. The summed E-state index contributed by atoms with van der Waals surface area (Å²) >= 11 is 1.41. The van der Waals surface area contributed by atoms with Crippen molar-refractivity contribution < 1.29 is 19.4 Å². The quantitative estimate of drug-likeness (QED) is 0.879. The number of carbonyl (C=O) groups is 1. The van der Waals surface area contributed by atoms with Crippen molar-refractivity contribution in [3.05, 3.63) is 45.9 Å². The van der Waals surface area contributed by atoms with Gasteiger partial charge in [-0.1, -0.05) is 12.1 Å². The number of carboxylic acids is 1. The molecule has 21 heavy (non-hydrogen) atoms. The van der Waals surface area contributed by atoms with Gasteiger partial charge in [0.1, 0.15) is 5.01 Å². The molecule has 1 N–H and O–H groups in total. The number of thiazole rings is 1. The van der Waals surface area contributed by atoms with Crippen LogP contribution in [0, 0.1) is 0 Å². The summed E-state index contributed by atoms with van der Waals surface area (Å²) in [5.74, 6) is 0.496. The van der Waals surface area contributed by atoms with E-state index in [0.29, 0.717) is 0 Å². The molecule has 1 aliphatic heterocycles. The van der Waals surface area contributed by atoms with E-state index >= 15 is 0 Å². The molecule has 0 saturated carbocycles. The molecule has 0 fully saturated rings. The molecule has 0 saturated heterocycles. The second-order valence-corrected chi connectivity index (χ2v) is 5.28. The summed E-state index contributed by atoms with van der Waals surface area (Å²) in [6, 6.07) is 5.69. The van der Waals surface area contributed by atoms with Crippen LogP contribution in [-0.4, -0.2) is 22.9 Å². The second-order valence-electron chi connectivity index (χ2n) is 4.19. The highest BCUT2D eigenvalue weighted by Gasteiger charge is 2.15. The van der Waals surface area contributed by atoms with Crippen LogP contribution in [0.4, 0.5) is 0 Å². The van der Waals surface area contributed by atoms with Gasteiger partial charge in [0.05, 0.1) is 0 Å². The molecule has 0 radical (unpaired) electrons. The summed E-state index contributed by atoms with van der Waals surface area (Å²) in [6.45, 7) is 0.238. The molecule has 1 aromatic heterocycles. The summed E-state index contributed by atoms with van der Waals surface area (Å²) in [6.07, 6.45) is 8.01. The molecule has 5 nitrogen and oxygen atoms in total. The van der Waals surface area contributed by atoms with Crippen molar-refractivity contribution in [1.29, 1.82) is 0 Å². The first-order valence-electron chi connectivity index (χ1n) is 6.16. The number of carboxylic acid groups (broad SMARTS) is 1. The molecular weight excluding hydrogens is 290 g/mol. The van der Waals surface area contributed by atoms with Crippen LogP contribution in [0.15, 0.2) is 30.5 Å². The second kappa shape index (κ2) is 5.80. The lowest BCUT2D eigenvalue weighted by Crippen LogP contribution is -1.93. The molecule has 0 atom stereocenters. The third-order valence-corrected chi connectivity index (χ3v) is 3.69. The van der Waals surface area contributed by atoms with Gasteiger partial charge in [0.25, 0.3) is 0 Å². The molecule has 0 aliphatic carbocycles. The molecule has 0 bridgehead atoms. The lowest BCUT2D eigenvalue weighted by molar-refractivity contribution is -0.131. The summed E-state index contributed by atoms with van der Waals surface area (Å²) in [5, 5.41) is 9.37. The number of hydrogen-bond donors (Lipinski definition) is 1. The fourth-order valence-corrected chi connectivity index (χ4v) is 2.58. The minimum Gasteiger partial charge on any atom is -0.478 e. The van der Waals surface area contributed by atoms with Gasteiger partial charge in [0.15, 0.2) is 11.5 Å². The van der Waals surface area contributed by atoms with Crippen molar-refractivity contribution in [2.24, 2.45) is 0 Å². The van der Waals surface area contributed by atoms with Crippen molar-refractivity contribution in [2.75, 3.05) is 6.79 Å². The molecule has 2 aromatic rings. The van der Waals surface area contributed by atoms with Gasteiger partial charge in [-0.25, -0.2) is 9.78 Å². The van der Waals surface area contributed by atoms with E-state index in [-0.39, 0.29) is 6.79 Å². The van der Waals surface area contributed by atoms with Crippen molar-refractivity contribution in [3.63, 3.8) is 0 Å². The van der Waals surface area contributed by atoms with Crippen LogP contribution in [0.25, 0.3) is 18.2 Å². The lowest BCUT2D eigenvalue weighted by Gasteiger charge is -1.99. The maximum atomic E-state index is 10.5. The molecule has 2 heterocycles. The van der Waals surface area contributed by atoms with Crippen LogP contribution >= 0.6 is 11.3 Å². The Kier molecular flexibility index (Phi) is 3.70. The Morgan fingerprint density at radius 3 is 3.05 bits per heavy atom. The average molecular weight is 301 g/mol. The largest absolute Gasteiger partial charge is 0.478 e. The Morgan fingerprint density at radius 1 is 1.29 bits per heavy atom. The number of para-hydroxylation sites is 1. The molecule has 1 aromatic carbocycles. The maximum Gasteiger partial charge on any atom is 0.328 e. The zero-order valence-electron chi connectivity index (χ0n) is 10.9. The number of hydrogen-bond acceptors (Lipinski definition) is 5. The zero-order valence-corrected chi connectivity index (χ0v) is 11.7. The number of rotatable bonds is 4. The number of nitrogens with zero attached hydrogens (tertiary/aromatic N) is 1. The predicted molar refractivity (Wildman–Crippen MR) is 80.3 cm³/mol. The topological polar surface area (TPSA) is 68.7 Å². The number of aromatic nitrogens is 1. The van der Waals surface area contributed by atoms with Gasteiger partial charge in [-0.05, 0) is 24.3 Å². The molecule has 0 spiro atoms. The van der Waals surface area contributed by atoms with E-state index in [9.17, 15) is 4.79 Å². The summed E-state index contributed by atoms with van der Waals surface area (Å²) in [7, 11) is 0. The first-order valence-corrected chi connectivity index (χ1v) is 6.97. The van der Waals surface area contributed by atoms with E-state index in [2.05, 4.69) is 4.98 Å². The van der Waals surface area contributed by atoms with Crippen LogP contribution in [0.1, 0.15) is 15.4 Å². The standard InChI is InChI=1S/C15H11NO4S/c17-14(18)7-5-11-8-16-13(21-11)6-4-10-2-1-3-12-15(10)20-9-19-12/h1-8H,9H2,(H,17,18)/b6-4+,7-5+. The molecular formula is C15H11NO4S. The van der Waals surface area contributed by atoms with E-state index < -0.39 is 5.97 Å². The van der Waals surface area contributed by atoms with Gasteiger partial charge in [-0.15, -0.1) is 11.3 Å². The number of benzene rings is 1. The normalized spacial score (nSPS) is 13.3. The van der Waals surface area contributed by atoms with E-state index in [4.69, 9.17) is 14.6 Å². The van der Waals surface area contributed by atoms with Gasteiger partial charge >= 0.3 is 5.97 Å². The summed E-state index contributed by atoms with van der Waals surface area (Å²) in [4.78, 5) is 15.5. The molecule has 1 aliphatic rings. The highest BCUT2D eigenvalue weighted by Crippen LogP contribution is 2.36. The van der Waals surface area contributed by atoms with Crippen molar-refractivity contribution in [2.45, 2.75) is 0 Å². The van der Waals surface area contributed by atoms with Crippen molar-refractivity contribution in [1.82, 2.24) is 4.98 Å². The van der Waals surface area contributed by atoms with Crippen LogP contribution in [0.2, 0.25) is 0 Å². The van der Waals surface area contributed by atoms with E-state index in [1.807, 2.05) is 30.4 Å².